The molecule has 0 aliphatic carbocycles. The van der Waals surface area contributed by atoms with Crippen molar-refractivity contribution in [3.8, 4) is 0 Å². The lowest BCUT2D eigenvalue weighted by atomic mass is 10.1. The lowest BCUT2D eigenvalue weighted by Crippen LogP contribution is -2.35. The number of hydrogen-bond acceptors (Lipinski definition) is 3. The van der Waals surface area contributed by atoms with Gasteiger partial charge in [-0.25, -0.2) is 9.18 Å². The van der Waals surface area contributed by atoms with E-state index in [9.17, 15) is 14.0 Å². The number of unbranched alkanes of at least 4 members (excludes halogenated alkanes) is 1. The monoisotopic (exact) mass is 268 g/mol. The Labute approximate surface area is 110 Å². The summed E-state index contributed by atoms with van der Waals surface area (Å²) in [6.45, 7) is 1.99. The van der Waals surface area contributed by atoms with Crippen LogP contribution in [-0.4, -0.2) is 23.0 Å². The molecule has 0 bridgehead atoms. The second kappa shape index (κ2) is 6.84. The summed E-state index contributed by atoms with van der Waals surface area (Å²) >= 11 is 0. The predicted octanol–water partition coefficient (Wildman–Crippen LogP) is 1.98. The van der Waals surface area contributed by atoms with E-state index >= 15 is 0 Å². The summed E-state index contributed by atoms with van der Waals surface area (Å²) in [6.07, 6.45) is 2.31. The molecule has 1 aromatic rings. The van der Waals surface area contributed by atoms with Crippen LogP contribution in [0, 0.1) is 5.82 Å². The molecule has 0 aliphatic heterocycles. The number of amides is 1. The van der Waals surface area contributed by atoms with Gasteiger partial charge in [-0.2, -0.15) is 0 Å². The fourth-order valence-electron chi connectivity index (χ4n) is 1.56. The zero-order chi connectivity index (χ0) is 14.4. The second-order valence-electron chi connectivity index (χ2n) is 4.24. The van der Waals surface area contributed by atoms with Gasteiger partial charge in [0.25, 0.3) is 0 Å². The van der Waals surface area contributed by atoms with Crippen LogP contribution in [0.5, 0.6) is 0 Å². The minimum absolute atomic E-state index is 0.218. The number of anilines is 1. The Morgan fingerprint density at radius 1 is 1.47 bits per heavy atom. The molecule has 0 saturated heterocycles. The van der Waals surface area contributed by atoms with Gasteiger partial charge in [-0.15, -0.1) is 0 Å². The smallest absolute Gasteiger partial charge is 0.338 e. The fraction of sp³-hybridized carbons (Fsp3) is 0.385. The highest BCUT2D eigenvalue weighted by Crippen LogP contribution is 2.15. The standard InChI is InChI=1S/C13H17FN2O3/c1-2-3-4-11(15)12(17)16-8-5-6-10(14)9(7-8)13(18)19/h5-7,11H,2-4,15H2,1H3,(H,16,17)(H,18,19)/t11-/m0/s1. The number of rotatable bonds is 6. The molecule has 0 fully saturated rings. The van der Waals surface area contributed by atoms with E-state index in [0.29, 0.717) is 6.42 Å². The lowest BCUT2D eigenvalue weighted by molar-refractivity contribution is -0.117. The van der Waals surface area contributed by atoms with Gasteiger partial charge in [0, 0.05) is 5.69 Å². The zero-order valence-corrected chi connectivity index (χ0v) is 10.6. The summed E-state index contributed by atoms with van der Waals surface area (Å²) in [5.41, 5.74) is 5.41. The average Bonchev–Trinajstić information content (AvgIpc) is 2.37. The minimum Gasteiger partial charge on any atom is -0.478 e. The van der Waals surface area contributed by atoms with Crippen LogP contribution in [0.15, 0.2) is 18.2 Å². The third-order valence-electron chi connectivity index (χ3n) is 2.67. The summed E-state index contributed by atoms with van der Waals surface area (Å²) in [4.78, 5) is 22.5. The van der Waals surface area contributed by atoms with Gasteiger partial charge < -0.3 is 16.2 Å². The fourth-order valence-corrected chi connectivity index (χ4v) is 1.56. The molecule has 0 heterocycles. The van der Waals surface area contributed by atoms with Crippen molar-refractivity contribution in [2.45, 2.75) is 32.2 Å². The van der Waals surface area contributed by atoms with E-state index in [0.717, 1.165) is 25.0 Å². The highest BCUT2D eigenvalue weighted by molar-refractivity contribution is 5.96. The molecule has 4 N–H and O–H groups in total. The SMILES string of the molecule is CCCC[C@H](N)C(=O)Nc1ccc(F)c(C(=O)O)c1. The summed E-state index contributed by atoms with van der Waals surface area (Å²) in [5.74, 6) is -2.64. The molecule has 1 rings (SSSR count). The third-order valence-corrected chi connectivity index (χ3v) is 2.67. The van der Waals surface area contributed by atoms with Crippen molar-refractivity contribution in [2.24, 2.45) is 5.73 Å². The maximum atomic E-state index is 13.2. The number of aromatic carboxylic acids is 1. The molecule has 1 amide bonds. The van der Waals surface area contributed by atoms with Crippen molar-refractivity contribution in [3.63, 3.8) is 0 Å². The van der Waals surface area contributed by atoms with Crippen LogP contribution in [-0.2, 0) is 4.79 Å². The Hall–Kier alpha value is -1.95. The van der Waals surface area contributed by atoms with E-state index in [1.54, 1.807) is 0 Å². The van der Waals surface area contributed by atoms with Crippen LogP contribution in [0.25, 0.3) is 0 Å². The van der Waals surface area contributed by atoms with Crippen LogP contribution in [0.3, 0.4) is 0 Å². The van der Waals surface area contributed by atoms with Crippen LogP contribution in [0.1, 0.15) is 36.5 Å². The molecule has 0 saturated carbocycles. The third kappa shape index (κ3) is 4.33. The molecule has 104 valence electrons. The Bertz CT molecular complexity index is 477. The van der Waals surface area contributed by atoms with E-state index in [4.69, 9.17) is 10.8 Å². The number of carbonyl (C=O) groups excluding carboxylic acids is 1. The van der Waals surface area contributed by atoms with Gasteiger partial charge in [-0.1, -0.05) is 19.8 Å². The number of benzene rings is 1. The van der Waals surface area contributed by atoms with E-state index in [1.807, 2.05) is 6.92 Å². The van der Waals surface area contributed by atoms with Gasteiger partial charge >= 0.3 is 5.97 Å². The first-order valence-corrected chi connectivity index (χ1v) is 6.05. The predicted molar refractivity (Wildman–Crippen MR) is 69.5 cm³/mol. The number of carboxylic acid groups (broad SMARTS) is 1. The lowest BCUT2D eigenvalue weighted by Gasteiger charge is -2.12. The Kier molecular flexibility index (Phi) is 5.44. The molecule has 0 aromatic heterocycles. The van der Waals surface area contributed by atoms with E-state index < -0.39 is 29.3 Å². The normalized spacial score (nSPS) is 11.9. The van der Waals surface area contributed by atoms with Crippen molar-refractivity contribution in [3.05, 3.63) is 29.6 Å². The van der Waals surface area contributed by atoms with Gasteiger partial charge in [0.15, 0.2) is 0 Å². The molecule has 0 aliphatic rings. The van der Waals surface area contributed by atoms with E-state index in [2.05, 4.69) is 5.32 Å². The Morgan fingerprint density at radius 3 is 2.74 bits per heavy atom. The van der Waals surface area contributed by atoms with Crippen molar-refractivity contribution >= 4 is 17.6 Å². The molecule has 5 nitrogen and oxygen atoms in total. The zero-order valence-electron chi connectivity index (χ0n) is 10.6. The van der Waals surface area contributed by atoms with Crippen molar-refractivity contribution in [1.29, 1.82) is 0 Å². The number of nitrogens with two attached hydrogens (primary N) is 1. The molecule has 19 heavy (non-hydrogen) atoms. The average molecular weight is 268 g/mol. The summed E-state index contributed by atoms with van der Waals surface area (Å²) in [7, 11) is 0. The number of hydrogen-bond donors (Lipinski definition) is 3. The number of carbonyl (C=O) groups is 2. The van der Waals surface area contributed by atoms with Crippen molar-refractivity contribution in [2.75, 3.05) is 5.32 Å². The first kappa shape index (κ1) is 15.1. The summed E-state index contributed by atoms with van der Waals surface area (Å²) in [5, 5.41) is 11.3. The molecular weight excluding hydrogens is 251 g/mol. The maximum absolute atomic E-state index is 13.2. The molecule has 0 unspecified atom stereocenters. The molecule has 1 atom stereocenters. The van der Waals surface area contributed by atoms with Gasteiger partial charge in [0.2, 0.25) is 5.91 Å². The highest BCUT2D eigenvalue weighted by Gasteiger charge is 2.15. The quantitative estimate of drug-likeness (QED) is 0.735. The molecule has 1 aromatic carbocycles. The number of halogens is 1. The summed E-state index contributed by atoms with van der Waals surface area (Å²) < 4.78 is 13.2. The van der Waals surface area contributed by atoms with Crippen LogP contribution < -0.4 is 11.1 Å². The highest BCUT2D eigenvalue weighted by atomic mass is 19.1. The Balaban J connectivity index is 2.74. The molecule has 6 heteroatoms. The van der Waals surface area contributed by atoms with Crippen molar-refractivity contribution in [1.82, 2.24) is 0 Å². The van der Waals surface area contributed by atoms with Gasteiger partial charge in [-0.05, 0) is 24.6 Å². The maximum Gasteiger partial charge on any atom is 0.338 e. The topological polar surface area (TPSA) is 92.4 Å². The van der Waals surface area contributed by atoms with Gasteiger partial charge in [0.05, 0.1) is 11.6 Å². The van der Waals surface area contributed by atoms with Crippen LogP contribution >= 0.6 is 0 Å². The van der Waals surface area contributed by atoms with E-state index in [1.165, 1.54) is 6.07 Å². The number of nitrogens with one attached hydrogen (secondary N) is 1. The largest absolute Gasteiger partial charge is 0.478 e. The van der Waals surface area contributed by atoms with E-state index in [-0.39, 0.29) is 5.69 Å². The number of carboxylic acids is 1. The van der Waals surface area contributed by atoms with Crippen LogP contribution in [0.4, 0.5) is 10.1 Å². The molecular formula is C13H17FN2O3. The molecule has 0 radical (unpaired) electrons. The molecule has 0 spiro atoms. The van der Waals surface area contributed by atoms with Crippen LogP contribution in [0.2, 0.25) is 0 Å². The second-order valence-corrected chi connectivity index (χ2v) is 4.24. The Morgan fingerprint density at radius 2 is 2.16 bits per heavy atom. The summed E-state index contributed by atoms with van der Waals surface area (Å²) in [6, 6.07) is 2.71. The first-order chi connectivity index (χ1) is 8.95. The first-order valence-electron chi connectivity index (χ1n) is 6.05. The van der Waals surface area contributed by atoms with Gasteiger partial charge in [-0.3, -0.25) is 4.79 Å². The van der Waals surface area contributed by atoms with Gasteiger partial charge in [0.1, 0.15) is 5.82 Å². The minimum atomic E-state index is -1.39. The van der Waals surface area contributed by atoms with Crippen molar-refractivity contribution < 1.29 is 19.1 Å².